The molecule has 3 aromatic rings. The van der Waals surface area contributed by atoms with E-state index >= 15 is 0 Å². The molecule has 0 fully saturated rings. The maximum absolute atomic E-state index is 5.99. The van der Waals surface area contributed by atoms with E-state index in [2.05, 4.69) is 21.1 Å². The van der Waals surface area contributed by atoms with Gasteiger partial charge >= 0.3 is 0 Å². The van der Waals surface area contributed by atoms with Gasteiger partial charge in [-0.2, -0.15) is 0 Å². The molecule has 0 bridgehead atoms. The average Bonchev–Trinajstić information content (AvgIpc) is 2.95. The second-order valence-corrected chi connectivity index (χ2v) is 5.10. The molecule has 96 valence electrons. The lowest BCUT2D eigenvalue weighted by Crippen LogP contribution is -1.87. The van der Waals surface area contributed by atoms with E-state index in [4.69, 9.17) is 26.3 Å². The van der Waals surface area contributed by atoms with Gasteiger partial charge in [0.05, 0.1) is 5.56 Å². The molecule has 0 unspecified atom stereocenters. The van der Waals surface area contributed by atoms with Crippen LogP contribution in [0.3, 0.4) is 0 Å². The molecule has 0 aliphatic carbocycles. The first kappa shape index (κ1) is 12.3. The van der Waals surface area contributed by atoms with E-state index in [9.17, 15) is 0 Å². The van der Waals surface area contributed by atoms with Gasteiger partial charge in [0.15, 0.2) is 16.1 Å². The van der Waals surface area contributed by atoms with Gasteiger partial charge < -0.3 is 14.7 Å². The Bertz CT molecular complexity index is 736. The Kier molecular flexibility index (Phi) is 3.08. The highest BCUT2D eigenvalue weighted by Gasteiger charge is 2.20. The molecule has 0 atom stereocenters. The second-order valence-electron chi connectivity index (χ2n) is 3.88. The van der Waals surface area contributed by atoms with Crippen molar-refractivity contribution in [1.82, 2.24) is 5.16 Å². The van der Waals surface area contributed by atoms with Crippen LogP contribution in [0.2, 0.25) is 5.02 Å². The van der Waals surface area contributed by atoms with E-state index in [0.717, 1.165) is 5.56 Å². The van der Waals surface area contributed by atoms with Gasteiger partial charge in [-0.1, -0.05) is 28.9 Å². The van der Waals surface area contributed by atoms with Crippen LogP contribution in [0.4, 0.5) is 5.88 Å². The Balaban J connectivity index is 2.19. The van der Waals surface area contributed by atoms with Crippen LogP contribution in [0.25, 0.3) is 22.6 Å². The molecule has 2 N–H and O–H groups in total. The number of aromatic nitrogens is 1. The molecular formula is C13H8BrClN2O2. The van der Waals surface area contributed by atoms with Gasteiger partial charge in [-0.3, -0.25) is 0 Å². The summed E-state index contributed by atoms with van der Waals surface area (Å²) in [5.41, 5.74) is 7.89. The van der Waals surface area contributed by atoms with Crippen LogP contribution >= 0.6 is 27.5 Å². The number of nitrogen functional groups attached to an aromatic ring is 1. The largest absolute Gasteiger partial charge is 0.448 e. The van der Waals surface area contributed by atoms with Crippen molar-refractivity contribution in [3.8, 4) is 22.6 Å². The molecule has 0 amide bonds. The third-order valence-corrected chi connectivity index (χ3v) is 3.30. The van der Waals surface area contributed by atoms with E-state index in [1.54, 1.807) is 24.3 Å². The highest BCUT2D eigenvalue weighted by molar-refractivity contribution is 9.10. The van der Waals surface area contributed by atoms with Crippen LogP contribution in [0.1, 0.15) is 0 Å². The number of nitrogens with two attached hydrogens (primary N) is 1. The molecule has 1 aromatic carbocycles. The van der Waals surface area contributed by atoms with Crippen molar-refractivity contribution in [3.05, 3.63) is 46.1 Å². The number of nitrogens with zero attached hydrogens (tertiary/aromatic N) is 1. The maximum Gasteiger partial charge on any atom is 0.230 e. The van der Waals surface area contributed by atoms with Crippen molar-refractivity contribution in [2.45, 2.75) is 0 Å². The van der Waals surface area contributed by atoms with Crippen LogP contribution < -0.4 is 5.73 Å². The van der Waals surface area contributed by atoms with Gasteiger partial charge in [-0.15, -0.1) is 0 Å². The molecule has 2 heterocycles. The lowest BCUT2D eigenvalue weighted by Gasteiger charge is -2.01. The predicted octanol–water partition coefficient (Wildman–Crippen LogP) is 4.60. The van der Waals surface area contributed by atoms with E-state index < -0.39 is 0 Å². The third kappa shape index (κ3) is 2.27. The Morgan fingerprint density at radius 1 is 1.21 bits per heavy atom. The molecule has 0 radical (unpaired) electrons. The number of hydrogen-bond donors (Lipinski definition) is 1. The van der Waals surface area contributed by atoms with Gasteiger partial charge in [-0.05, 0) is 45.8 Å². The summed E-state index contributed by atoms with van der Waals surface area (Å²) in [4.78, 5) is 0. The molecule has 0 aliphatic heterocycles. The lowest BCUT2D eigenvalue weighted by molar-refractivity contribution is 0.435. The van der Waals surface area contributed by atoms with Crippen molar-refractivity contribution < 1.29 is 8.94 Å². The zero-order chi connectivity index (χ0) is 13.4. The van der Waals surface area contributed by atoms with Gasteiger partial charge in [0.1, 0.15) is 0 Å². The van der Waals surface area contributed by atoms with Crippen molar-refractivity contribution in [1.29, 1.82) is 0 Å². The summed E-state index contributed by atoms with van der Waals surface area (Å²) in [6.07, 6.45) is 0. The van der Waals surface area contributed by atoms with Gasteiger partial charge in [0, 0.05) is 5.02 Å². The van der Waals surface area contributed by atoms with Crippen LogP contribution in [-0.2, 0) is 0 Å². The molecule has 2 aromatic heterocycles. The Labute approximate surface area is 122 Å². The number of hydrogen-bond acceptors (Lipinski definition) is 4. The third-order valence-electron chi connectivity index (χ3n) is 2.64. The molecular weight excluding hydrogens is 332 g/mol. The first-order valence-electron chi connectivity index (χ1n) is 5.42. The van der Waals surface area contributed by atoms with E-state index in [-0.39, 0.29) is 5.88 Å². The summed E-state index contributed by atoms with van der Waals surface area (Å²) >= 11 is 9.25. The first-order chi connectivity index (χ1) is 9.15. The number of furan rings is 1. The summed E-state index contributed by atoms with van der Waals surface area (Å²) in [6.45, 7) is 0. The second kappa shape index (κ2) is 4.75. The molecule has 0 saturated carbocycles. The summed E-state index contributed by atoms with van der Waals surface area (Å²) in [5, 5.41) is 4.56. The number of rotatable bonds is 2. The van der Waals surface area contributed by atoms with Crippen molar-refractivity contribution in [2.75, 3.05) is 5.73 Å². The highest BCUT2D eigenvalue weighted by Crippen LogP contribution is 2.38. The number of anilines is 1. The summed E-state index contributed by atoms with van der Waals surface area (Å²) in [6, 6.07) is 10.9. The van der Waals surface area contributed by atoms with Gasteiger partial charge in [0.2, 0.25) is 5.88 Å². The summed E-state index contributed by atoms with van der Waals surface area (Å²) in [5.74, 6) is 0.798. The van der Waals surface area contributed by atoms with Gasteiger partial charge in [-0.25, -0.2) is 0 Å². The summed E-state index contributed by atoms with van der Waals surface area (Å²) in [7, 11) is 0. The van der Waals surface area contributed by atoms with E-state index in [0.29, 0.717) is 26.7 Å². The van der Waals surface area contributed by atoms with Crippen molar-refractivity contribution in [2.24, 2.45) is 0 Å². The molecule has 19 heavy (non-hydrogen) atoms. The van der Waals surface area contributed by atoms with Crippen LogP contribution in [0.5, 0.6) is 0 Å². The molecule has 0 aliphatic rings. The first-order valence-corrected chi connectivity index (χ1v) is 6.59. The molecule has 6 heteroatoms. The Morgan fingerprint density at radius 2 is 2.05 bits per heavy atom. The predicted molar refractivity (Wildman–Crippen MR) is 76.8 cm³/mol. The van der Waals surface area contributed by atoms with Gasteiger partial charge in [0.25, 0.3) is 0 Å². The topological polar surface area (TPSA) is 65.2 Å². The minimum atomic E-state index is 0.227. The molecule has 4 nitrogen and oxygen atoms in total. The average molecular weight is 340 g/mol. The molecule has 0 spiro atoms. The van der Waals surface area contributed by atoms with E-state index in [1.165, 1.54) is 0 Å². The van der Waals surface area contributed by atoms with E-state index in [1.807, 2.05) is 12.1 Å². The fourth-order valence-corrected chi connectivity index (χ4v) is 2.33. The van der Waals surface area contributed by atoms with Crippen LogP contribution in [-0.4, -0.2) is 5.16 Å². The molecule has 3 rings (SSSR count). The monoisotopic (exact) mass is 338 g/mol. The van der Waals surface area contributed by atoms with Crippen LogP contribution in [0.15, 0.2) is 50.0 Å². The minimum absolute atomic E-state index is 0.227. The Morgan fingerprint density at radius 3 is 2.74 bits per heavy atom. The normalized spacial score (nSPS) is 10.8. The van der Waals surface area contributed by atoms with Crippen molar-refractivity contribution >= 4 is 33.4 Å². The zero-order valence-corrected chi connectivity index (χ0v) is 11.9. The zero-order valence-electron chi connectivity index (χ0n) is 9.56. The fraction of sp³-hybridized carbons (Fsp3) is 0. The number of benzene rings is 1. The molecule has 0 saturated heterocycles. The van der Waals surface area contributed by atoms with Crippen molar-refractivity contribution in [3.63, 3.8) is 0 Å². The Hall–Kier alpha value is -1.72. The smallest absolute Gasteiger partial charge is 0.230 e. The highest BCUT2D eigenvalue weighted by atomic mass is 79.9. The SMILES string of the molecule is Nc1onc(-c2ccc(Br)o2)c1-c1cccc(Cl)c1. The standard InChI is InChI=1S/C13H8BrClN2O2/c14-10-5-4-9(18-10)12-11(13(16)19-17-12)7-2-1-3-8(15)6-7/h1-6H,16H2. The maximum atomic E-state index is 5.99. The summed E-state index contributed by atoms with van der Waals surface area (Å²) < 4.78 is 11.2. The number of halogens is 2. The quantitative estimate of drug-likeness (QED) is 0.741. The van der Waals surface area contributed by atoms with Crippen LogP contribution in [0, 0.1) is 0 Å². The fourth-order valence-electron chi connectivity index (χ4n) is 1.84. The lowest BCUT2D eigenvalue weighted by atomic mass is 10.0. The minimum Gasteiger partial charge on any atom is -0.448 e.